The van der Waals surface area contributed by atoms with Gasteiger partial charge in [0.25, 0.3) is 5.91 Å². The molecule has 1 saturated carbocycles. The number of hydrogen-bond donors (Lipinski definition) is 5. The molecule has 3 aliphatic rings. The third-order valence-electron chi connectivity index (χ3n) is 9.79. The monoisotopic (exact) mass is 594 g/mol. The van der Waals surface area contributed by atoms with Crippen LogP contribution < -0.4 is 5.73 Å². The molecule has 0 aliphatic heterocycles. The molecule has 0 spiro atoms. The van der Waals surface area contributed by atoms with Gasteiger partial charge in [0.15, 0.2) is 11.4 Å². The van der Waals surface area contributed by atoms with Crippen LogP contribution in [0.25, 0.3) is 28.0 Å². The van der Waals surface area contributed by atoms with E-state index >= 15 is 0 Å². The first-order chi connectivity index (χ1) is 20.8. The summed E-state index contributed by atoms with van der Waals surface area (Å²) in [4.78, 5) is 41.9. The smallest absolute Gasteiger partial charge is 0.255 e. The van der Waals surface area contributed by atoms with Crippen molar-refractivity contribution in [1.29, 1.82) is 0 Å². The quantitative estimate of drug-likeness (QED) is 0.282. The summed E-state index contributed by atoms with van der Waals surface area (Å²) in [6, 6.07) is 19.4. The van der Waals surface area contributed by atoms with Crippen molar-refractivity contribution in [2.75, 3.05) is 14.1 Å². The number of carbonyl (C=O) groups excluding carboxylic acids is 3. The summed E-state index contributed by atoms with van der Waals surface area (Å²) in [5.41, 5.74) is 5.09. The van der Waals surface area contributed by atoms with Gasteiger partial charge >= 0.3 is 0 Å². The Hall–Kier alpha value is -4.73. The average molecular weight is 595 g/mol. The minimum atomic E-state index is -2.72. The number of fused-ring (bicyclic) bond motifs is 3. The zero-order valence-corrected chi connectivity index (χ0v) is 24.8. The van der Waals surface area contributed by atoms with Crippen LogP contribution in [0.5, 0.6) is 5.75 Å². The van der Waals surface area contributed by atoms with E-state index in [2.05, 4.69) is 0 Å². The Morgan fingerprint density at radius 3 is 1.95 bits per heavy atom. The predicted molar refractivity (Wildman–Crippen MR) is 164 cm³/mol. The standard InChI is InChI=1S/C35H34N2O7/c1-16-22-17(2)27-28(37(3)4)31(40)26(34(36)43)33(42)35(27,44)32(41)25(22)30(39)24-23(16)20(18-11-7-5-8-12-18)15-21(29(24)38)19-13-9-6-10-14-19/h5-17,22,27-28,38-39,42,44H,1-4H3,(H2,36,43)/t16-,17+,22+,27+,28+,35+/m1/s1. The zero-order valence-electron chi connectivity index (χ0n) is 24.8. The summed E-state index contributed by atoms with van der Waals surface area (Å²) in [5, 5.41) is 47.1. The number of likely N-dealkylation sites (N-methyl/N-ethyl adjacent to an activating group) is 1. The van der Waals surface area contributed by atoms with Crippen molar-refractivity contribution in [1.82, 2.24) is 4.90 Å². The average Bonchev–Trinajstić information content (AvgIpc) is 2.99. The van der Waals surface area contributed by atoms with Crippen LogP contribution in [0, 0.1) is 17.8 Å². The van der Waals surface area contributed by atoms with Crippen LogP contribution in [0.15, 0.2) is 83.6 Å². The van der Waals surface area contributed by atoms with Gasteiger partial charge in [0.1, 0.15) is 22.8 Å². The van der Waals surface area contributed by atoms with E-state index in [1.807, 2.05) is 73.7 Å². The maximum atomic E-state index is 14.5. The van der Waals surface area contributed by atoms with Crippen LogP contribution in [0.1, 0.15) is 30.9 Å². The molecule has 9 nitrogen and oxygen atoms in total. The van der Waals surface area contributed by atoms with Crippen molar-refractivity contribution in [2.24, 2.45) is 23.5 Å². The molecule has 0 heterocycles. The third-order valence-corrected chi connectivity index (χ3v) is 9.79. The second-order valence-corrected chi connectivity index (χ2v) is 12.3. The number of phenols is 1. The summed E-state index contributed by atoms with van der Waals surface area (Å²) in [6.45, 7) is 3.65. The lowest BCUT2D eigenvalue weighted by Gasteiger charge is -2.55. The van der Waals surface area contributed by atoms with E-state index in [1.54, 1.807) is 21.0 Å². The van der Waals surface area contributed by atoms with Gasteiger partial charge in [-0.15, -0.1) is 0 Å². The fourth-order valence-electron chi connectivity index (χ4n) is 7.95. The number of aliphatic hydroxyl groups excluding tert-OH is 2. The molecule has 9 heteroatoms. The molecule has 1 amide bonds. The van der Waals surface area contributed by atoms with Crippen molar-refractivity contribution < 1.29 is 34.8 Å². The van der Waals surface area contributed by atoms with Crippen molar-refractivity contribution in [3.63, 3.8) is 0 Å². The highest BCUT2D eigenvalue weighted by Gasteiger charge is 2.67. The minimum absolute atomic E-state index is 0.0567. The maximum absolute atomic E-state index is 14.5. The van der Waals surface area contributed by atoms with Crippen LogP contribution in [0.2, 0.25) is 0 Å². The van der Waals surface area contributed by atoms with Crippen molar-refractivity contribution in [2.45, 2.75) is 31.4 Å². The molecule has 6 atom stereocenters. The van der Waals surface area contributed by atoms with Crippen LogP contribution >= 0.6 is 0 Å². The Morgan fingerprint density at radius 1 is 0.886 bits per heavy atom. The van der Waals surface area contributed by atoms with Crippen LogP contribution in [0.3, 0.4) is 0 Å². The molecule has 6 N–H and O–H groups in total. The lowest BCUT2D eigenvalue weighted by Crippen LogP contribution is -2.68. The van der Waals surface area contributed by atoms with Crippen LogP contribution in [-0.2, 0) is 14.4 Å². The van der Waals surface area contributed by atoms with E-state index in [0.717, 1.165) is 11.1 Å². The van der Waals surface area contributed by atoms with Gasteiger partial charge in [0.05, 0.1) is 11.6 Å². The minimum Gasteiger partial charge on any atom is -0.508 e. The van der Waals surface area contributed by atoms with Crippen molar-refractivity contribution in [3.8, 4) is 28.0 Å². The summed E-state index contributed by atoms with van der Waals surface area (Å²) in [7, 11) is 3.17. The summed E-state index contributed by atoms with van der Waals surface area (Å²) < 4.78 is 0. The fourth-order valence-corrected chi connectivity index (χ4v) is 7.95. The van der Waals surface area contributed by atoms with E-state index in [-0.39, 0.29) is 16.9 Å². The topological polar surface area (TPSA) is 161 Å². The molecule has 0 radical (unpaired) electrons. The molecular formula is C35H34N2O7. The van der Waals surface area contributed by atoms with Gasteiger partial charge in [-0.25, -0.2) is 0 Å². The highest BCUT2D eigenvalue weighted by atomic mass is 16.3. The number of aromatic hydroxyl groups is 1. The molecule has 44 heavy (non-hydrogen) atoms. The van der Waals surface area contributed by atoms with Gasteiger partial charge in [-0.05, 0) is 54.3 Å². The molecule has 3 aromatic rings. The second-order valence-electron chi connectivity index (χ2n) is 12.3. The largest absolute Gasteiger partial charge is 0.508 e. The molecule has 6 rings (SSSR count). The Morgan fingerprint density at radius 2 is 1.43 bits per heavy atom. The van der Waals surface area contributed by atoms with Crippen molar-refractivity contribution >= 4 is 23.2 Å². The highest BCUT2D eigenvalue weighted by molar-refractivity contribution is 6.24. The maximum Gasteiger partial charge on any atom is 0.255 e. The molecular weight excluding hydrogens is 560 g/mol. The number of amides is 1. The molecule has 226 valence electrons. The SMILES string of the molecule is C[C@H]1[C@H]2C(=C(O)c3c(O)c(-c4ccccc4)cc(-c4ccccc4)c3[C@@H]2C)C(=O)[C@]2(O)C(O)=C(C(N)=O)C(=O)[C@@H](N(C)C)[C@H]12. The number of primary amides is 1. The zero-order chi connectivity index (χ0) is 31.8. The van der Waals surface area contributed by atoms with E-state index in [9.17, 15) is 34.8 Å². The molecule has 0 aromatic heterocycles. The van der Waals surface area contributed by atoms with Gasteiger partial charge in [-0.3, -0.25) is 19.3 Å². The van der Waals surface area contributed by atoms with Crippen LogP contribution in [0.4, 0.5) is 0 Å². The number of aliphatic hydroxyl groups is 3. The number of benzene rings is 3. The molecule has 0 bridgehead atoms. The number of carbonyl (C=O) groups is 3. The van der Waals surface area contributed by atoms with E-state index < -0.39 is 69.9 Å². The predicted octanol–water partition coefficient (Wildman–Crippen LogP) is 4.11. The molecule has 0 unspecified atom stereocenters. The summed E-state index contributed by atoms with van der Waals surface area (Å²) >= 11 is 0. The molecule has 3 aromatic carbocycles. The molecule has 3 aliphatic carbocycles. The van der Waals surface area contributed by atoms with E-state index in [4.69, 9.17) is 5.73 Å². The molecule has 1 fully saturated rings. The lowest BCUT2D eigenvalue weighted by molar-refractivity contribution is -0.160. The number of Topliss-reactive ketones (excluding diaryl/α,β-unsaturated/α-hetero) is 2. The van der Waals surface area contributed by atoms with Crippen LogP contribution in [-0.4, -0.2) is 68.5 Å². The normalized spacial score (nSPS) is 28.1. The Kier molecular flexibility index (Phi) is 6.79. The van der Waals surface area contributed by atoms with E-state index in [1.165, 1.54) is 4.90 Å². The highest BCUT2D eigenvalue weighted by Crippen LogP contribution is 2.60. The van der Waals surface area contributed by atoms with Gasteiger partial charge in [0.2, 0.25) is 5.78 Å². The molecule has 0 saturated heterocycles. The fraction of sp³-hybridized carbons (Fsp3) is 0.286. The second kappa shape index (κ2) is 10.2. The summed E-state index contributed by atoms with van der Waals surface area (Å²) in [6.07, 6.45) is 0. The number of nitrogens with zero attached hydrogens (tertiary/aromatic N) is 1. The first-order valence-electron chi connectivity index (χ1n) is 14.5. The number of ketones is 2. The van der Waals surface area contributed by atoms with E-state index in [0.29, 0.717) is 16.7 Å². The Labute approximate surface area is 254 Å². The van der Waals surface area contributed by atoms with Gasteiger partial charge in [0, 0.05) is 23.0 Å². The number of phenolic OH excluding ortho intramolecular Hbond substituents is 1. The number of rotatable bonds is 4. The Balaban J connectivity index is 1.69. The Bertz CT molecular complexity index is 1790. The van der Waals surface area contributed by atoms with Gasteiger partial charge < -0.3 is 26.2 Å². The first-order valence-corrected chi connectivity index (χ1v) is 14.5. The number of nitrogens with two attached hydrogens (primary N) is 1. The summed E-state index contributed by atoms with van der Waals surface area (Å²) in [5.74, 6) is -8.04. The number of hydrogen-bond acceptors (Lipinski definition) is 8. The lowest BCUT2D eigenvalue weighted by atomic mass is 9.51. The van der Waals surface area contributed by atoms with Crippen molar-refractivity contribution in [3.05, 3.63) is 94.8 Å². The van der Waals surface area contributed by atoms with Gasteiger partial charge in [-0.1, -0.05) is 74.5 Å². The third kappa shape index (κ3) is 3.82. The van der Waals surface area contributed by atoms with Gasteiger partial charge in [-0.2, -0.15) is 0 Å². The first kappa shape index (κ1) is 29.3.